The summed E-state index contributed by atoms with van der Waals surface area (Å²) in [7, 11) is 5.93. The quantitative estimate of drug-likeness (QED) is 0.0195. The number of hydrogen-bond donors (Lipinski definition) is 0. The van der Waals surface area contributed by atoms with Gasteiger partial charge in [0.1, 0.15) is 13.2 Å². The van der Waals surface area contributed by atoms with Gasteiger partial charge in [0.25, 0.3) is 0 Å². The summed E-state index contributed by atoms with van der Waals surface area (Å²) in [4.78, 5) is 37.6. The summed E-state index contributed by atoms with van der Waals surface area (Å²) >= 11 is 0. The predicted molar refractivity (Wildman–Crippen MR) is 430 cm³/mol. The lowest BCUT2D eigenvalue weighted by Crippen LogP contribution is -2.44. The van der Waals surface area contributed by atoms with Gasteiger partial charge in [0.2, 0.25) is 0 Å². The Labute approximate surface area is 618 Å². The standard InChI is InChI=1S/C91H159NO8/c1-6-8-10-12-14-16-18-20-22-24-26-28-30-32-34-36-38-40-42-43-44-45-46-48-49-51-53-55-57-59-61-63-65-67-69-71-73-75-77-79-81-88(93)98-85-87(86-99-91(90(95)96)97-84-83-92(3,4)5)100-89(94)82-80-78-76-74-72-70-68-66-64-62-60-58-56-54-52-50-47-41-39-37-35-33-31-29-27-25-23-21-19-17-15-13-11-9-7-2/h9,11,15,17,21,23,27,29,33,35,39,41,50,52,56,58,62,64,68,70,87,91H,6-8,10,12-14,16,18-20,22,24-26,28,30-32,34,36-38,40,42-49,51,53-55,57,59-61,63,65-67,69,71-86H2,1-5H3/b11-9-,17-15-,23-21-,29-27-,35-33-,41-39-,52-50-,58-56-,64-62-,70-68-. The van der Waals surface area contributed by atoms with Crippen LogP contribution in [0.3, 0.4) is 0 Å². The fourth-order valence-corrected chi connectivity index (χ4v) is 12.1. The Morgan fingerprint density at radius 2 is 0.570 bits per heavy atom. The van der Waals surface area contributed by atoms with Crippen molar-refractivity contribution in [2.45, 2.75) is 392 Å². The van der Waals surface area contributed by atoms with Gasteiger partial charge >= 0.3 is 11.9 Å². The van der Waals surface area contributed by atoms with Crippen LogP contribution in [0.1, 0.15) is 380 Å². The van der Waals surface area contributed by atoms with Crippen molar-refractivity contribution in [1.29, 1.82) is 0 Å². The maximum Gasteiger partial charge on any atom is 0.306 e. The number of carboxylic acid groups (broad SMARTS) is 1. The topological polar surface area (TPSA) is 111 Å². The highest BCUT2D eigenvalue weighted by molar-refractivity contribution is 5.70. The van der Waals surface area contributed by atoms with Crippen molar-refractivity contribution < 1.29 is 42.9 Å². The second kappa shape index (κ2) is 80.4. The highest BCUT2D eigenvalue weighted by Crippen LogP contribution is 2.19. The number of quaternary nitrogens is 1. The fourth-order valence-electron chi connectivity index (χ4n) is 12.1. The smallest absolute Gasteiger partial charge is 0.306 e. The lowest BCUT2D eigenvalue weighted by atomic mass is 10.0. The molecule has 0 radical (unpaired) electrons. The minimum atomic E-state index is -1.64. The zero-order valence-electron chi connectivity index (χ0n) is 66.0. The second-order valence-corrected chi connectivity index (χ2v) is 29.4. The third-order valence-corrected chi connectivity index (χ3v) is 18.5. The molecule has 0 aromatic rings. The fraction of sp³-hybridized carbons (Fsp3) is 0.747. The van der Waals surface area contributed by atoms with Crippen LogP contribution in [0.5, 0.6) is 0 Å². The summed E-state index contributed by atoms with van der Waals surface area (Å²) in [6, 6.07) is 0. The van der Waals surface area contributed by atoms with E-state index in [9.17, 15) is 19.5 Å². The van der Waals surface area contributed by atoms with E-state index in [1.165, 1.54) is 238 Å². The van der Waals surface area contributed by atoms with Crippen LogP contribution < -0.4 is 5.11 Å². The summed E-state index contributed by atoms with van der Waals surface area (Å²) in [5, 5.41) is 11.9. The molecule has 9 heteroatoms. The Kier molecular flexibility index (Phi) is 76.9. The molecule has 0 bridgehead atoms. The Bertz CT molecular complexity index is 2070. The molecule has 0 amide bonds. The van der Waals surface area contributed by atoms with Crippen molar-refractivity contribution in [3.63, 3.8) is 0 Å². The molecule has 2 atom stereocenters. The lowest BCUT2D eigenvalue weighted by molar-refractivity contribution is -0.870. The van der Waals surface area contributed by atoms with Crippen molar-refractivity contribution in [3.05, 3.63) is 122 Å². The zero-order chi connectivity index (χ0) is 72.5. The van der Waals surface area contributed by atoms with Gasteiger partial charge in [-0.1, -0.05) is 399 Å². The van der Waals surface area contributed by atoms with E-state index in [1.54, 1.807) is 0 Å². The van der Waals surface area contributed by atoms with Gasteiger partial charge in [0, 0.05) is 12.8 Å². The van der Waals surface area contributed by atoms with Crippen LogP contribution in [0, 0.1) is 0 Å². The van der Waals surface area contributed by atoms with Gasteiger partial charge in [-0.15, -0.1) is 0 Å². The first-order valence-corrected chi connectivity index (χ1v) is 42.2. The number of carboxylic acids is 1. The molecule has 0 N–H and O–H groups in total. The van der Waals surface area contributed by atoms with Gasteiger partial charge in [-0.25, -0.2) is 0 Å². The molecule has 0 heterocycles. The number of aliphatic carboxylic acids is 1. The number of carbonyl (C=O) groups excluding carboxylic acids is 3. The monoisotopic (exact) mass is 1390 g/mol. The predicted octanol–water partition coefficient (Wildman–Crippen LogP) is 26.1. The van der Waals surface area contributed by atoms with Gasteiger partial charge in [-0.3, -0.25) is 9.59 Å². The number of nitrogens with zero attached hydrogens (tertiary/aromatic N) is 1. The molecule has 0 aliphatic rings. The highest BCUT2D eigenvalue weighted by atomic mass is 16.7. The molecule has 0 saturated heterocycles. The molecule has 0 rings (SSSR count). The van der Waals surface area contributed by atoms with Crippen LogP contribution in [-0.4, -0.2) is 82.3 Å². The summed E-state index contributed by atoms with van der Waals surface area (Å²) in [6.07, 6.45) is 112. The third-order valence-electron chi connectivity index (χ3n) is 18.5. The molecule has 0 aromatic heterocycles. The van der Waals surface area contributed by atoms with Crippen LogP contribution in [0.2, 0.25) is 0 Å². The molecule has 576 valence electrons. The molecule has 9 nitrogen and oxygen atoms in total. The lowest BCUT2D eigenvalue weighted by Gasteiger charge is -2.26. The summed E-state index contributed by atoms with van der Waals surface area (Å²) in [5.74, 6) is -2.31. The molecule has 0 spiro atoms. The number of likely N-dealkylation sites (N-methyl/N-ethyl adjacent to an activating group) is 1. The van der Waals surface area contributed by atoms with E-state index in [2.05, 4.69) is 135 Å². The Hall–Kier alpha value is -4.31. The van der Waals surface area contributed by atoms with E-state index in [-0.39, 0.29) is 38.6 Å². The molecule has 100 heavy (non-hydrogen) atoms. The Balaban J connectivity index is 4.04. The summed E-state index contributed by atoms with van der Waals surface area (Å²) in [5.41, 5.74) is 0. The van der Waals surface area contributed by atoms with Crippen LogP contribution >= 0.6 is 0 Å². The largest absolute Gasteiger partial charge is 0.545 e. The number of unbranched alkanes of at least 4 members (excludes halogenated alkanes) is 43. The Morgan fingerprint density at radius 3 is 0.850 bits per heavy atom. The average Bonchev–Trinajstić information content (AvgIpc) is 1.67. The van der Waals surface area contributed by atoms with Crippen LogP contribution in [0.15, 0.2) is 122 Å². The SMILES string of the molecule is CC/C=C\C/C=C\C/C=C\C/C=C\C/C=C\C/C=C\C/C=C\C/C=C\C/C=C\C/C=C\CCCCCCC(=O)OC(COC(=O)CCCCCCCCCCCCCCCCCCCCCCCCCCCCCCCCCCCCCCCCCC)COC(OCC[N+](C)(C)C)C(=O)[O-]. The van der Waals surface area contributed by atoms with Crippen molar-refractivity contribution in [2.75, 3.05) is 47.5 Å². The van der Waals surface area contributed by atoms with Crippen LogP contribution in [0.25, 0.3) is 0 Å². The number of allylic oxidation sites excluding steroid dienone is 20. The number of carbonyl (C=O) groups is 3. The third kappa shape index (κ3) is 81.0. The van der Waals surface area contributed by atoms with Gasteiger partial charge in [-0.05, 0) is 89.9 Å². The maximum absolute atomic E-state index is 13.0. The van der Waals surface area contributed by atoms with E-state index in [0.29, 0.717) is 17.4 Å². The minimum absolute atomic E-state index is 0.138. The first-order valence-electron chi connectivity index (χ1n) is 42.2. The first-order chi connectivity index (χ1) is 49.1. The molecular weight excluding hydrogens is 1230 g/mol. The minimum Gasteiger partial charge on any atom is -0.545 e. The van der Waals surface area contributed by atoms with Crippen molar-refractivity contribution in [2.24, 2.45) is 0 Å². The molecule has 0 aliphatic heterocycles. The first kappa shape index (κ1) is 95.7. The molecule has 0 saturated carbocycles. The molecular formula is C91H159NO8. The van der Waals surface area contributed by atoms with E-state index in [4.69, 9.17) is 18.9 Å². The average molecular weight is 1400 g/mol. The van der Waals surface area contributed by atoms with Crippen molar-refractivity contribution >= 4 is 17.9 Å². The Morgan fingerprint density at radius 1 is 0.310 bits per heavy atom. The van der Waals surface area contributed by atoms with E-state index >= 15 is 0 Å². The molecule has 0 fully saturated rings. The van der Waals surface area contributed by atoms with Crippen molar-refractivity contribution in [3.8, 4) is 0 Å². The van der Waals surface area contributed by atoms with E-state index in [0.717, 1.165) is 109 Å². The van der Waals surface area contributed by atoms with Crippen LogP contribution in [0.4, 0.5) is 0 Å². The number of ether oxygens (including phenoxy) is 4. The number of hydrogen-bond acceptors (Lipinski definition) is 8. The highest BCUT2D eigenvalue weighted by Gasteiger charge is 2.22. The van der Waals surface area contributed by atoms with E-state index in [1.807, 2.05) is 21.1 Å². The normalized spacial score (nSPS) is 13.2. The summed E-state index contributed by atoms with van der Waals surface area (Å²) in [6.45, 7) is 4.64. The number of rotatable bonds is 78. The van der Waals surface area contributed by atoms with Gasteiger partial charge in [0.05, 0.1) is 40.3 Å². The summed E-state index contributed by atoms with van der Waals surface area (Å²) < 4.78 is 22.8. The second-order valence-electron chi connectivity index (χ2n) is 29.4. The van der Waals surface area contributed by atoms with Crippen LogP contribution in [-0.2, 0) is 33.3 Å². The van der Waals surface area contributed by atoms with Gasteiger partial charge in [-0.2, -0.15) is 0 Å². The molecule has 0 aromatic carbocycles. The number of esters is 2. The maximum atomic E-state index is 13.0. The zero-order valence-corrected chi connectivity index (χ0v) is 66.0. The van der Waals surface area contributed by atoms with Gasteiger partial charge in [0.15, 0.2) is 12.4 Å². The van der Waals surface area contributed by atoms with Gasteiger partial charge < -0.3 is 33.3 Å². The van der Waals surface area contributed by atoms with E-state index < -0.39 is 24.3 Å². The van der Waals surface area contributed by atoms with Crippen molar-refractivity contribution in [1.82, 2.24) is 0 Å². The molecule has 2 unspecified atom stereocenters. The molecule has 0 aliphatic carbocycles.